The fourth-order valence-electron chi connectivity index (χ4n) is 4.39. The summed E-state index contributed by atoms with van der Waals surface area (Å²) in [5.74, 6) is 1.15. The van der Waals surface area contributed by atoms with Crippen LogP contribution in [0.4, 0.5) is 0 Å². The van der Waals surface area contributed by atoms with Crippen molar-refractivity contribution in [2.24, 2.45) is 11.8 Å². The molecule has 3 rings (SSSR count). The van der Waals surface area contributed by atoms with Gasteiger partial charge in [0.15, 0.2) is 0 Å². The van der Waals surface area contributed by atoms with E-state index < -0.39 is 0 Å². The van der Waals surface area contributed by atoms with E-state index in [2.05, 4.69) is 100 Å². The van der Waals surface area contributed by atoms with Gasteiger partial charge in [0.2, 0.25) is 0 Å². The van der Waals surface area contributed by atoms with E-state index >= 15 is 0 Å². The van der Waals surface area contributed by atoms with Crippen molar-refractivity contribution < 1.29 is 0 Å². The summed E-state index contributed by atoms with van der Waals surface area (Å²) in [6.07, 6.45) is 0. The standard InChI is InChI=1S/C23H29N/c1-16(2)22-20(18-12-8-6-9-13-18)21(19-14-10-7-11-15-19)23(17(3)4)24(22)5/h6-17,22-23H,1-5H3/t22-,23+. The molecule has 1 aliphatic heterocycles. The molecule has 1 aliphatic rings. The summed E-state index contributed by atoms with van der Waals surface area (Å²) in [5, 5.41) is 0. The van der Waals surface area contributed by atoms with Crippen LogP contribution in [-0.4, -0.2) is 24.0 Å². The summed E-state index contributed by atoms with van der Waals surface area (Å²) >= 11 is 0. The third kappa shape index (κ3) is 2.93. The Balaban J connectivity index is 2.28. The molecule has 2 aromatic carbocycles. The molecule has 1 heterocycles. The van der Waals surface area contributed by atoms with Crippen molar-refractivity contribution in [3.8, 4) is 0 Å². The van der Waals surface area contributed by atoms with Gasteiger partial charge in [-0.05, 0) is 41.2 Å². The van der Waals surface area contributed by atoms with Crippen molar-refractivity contribution in [1.29, 1.82) is 0 Å². The van der Waals surface area contributed by atoms with Crippen molar-refractivity contribution in [3.63, 3.8) is 0 Å². The highest BCUT2D eigenvalue weighted by molar-refractivity contribution is 5.97. The minimum atomic E-state index is 0.454. The van der Waals surface area contributed by atoms with Crippen molar-refractivity contribution in [1.82, 2.24) is 4.90 Å². The Bertz CT molecular complexity index is 636. The lowest BCUT2D eigenvalue weighted by atomic mass is 9.85. The Morgan fingerprint density at radius 1 is 0.625 bits per heavy atom. The van der Waals surface area contributed by atoms with Crippen molar-refractivity contribution in [2.45, 2.75) is 39.8 Å². The van der Waals surface area contributed by atoms with Crippen LogP contribution in [-0.2, 0) is 0 Å². The first-order valence-corrected chi connectivity index (χ1v) is 9.09. The largest absolute Gasteiger partial charge is 0.292 e. The first kappa shape index (κ1) is 17.0. The van der Waals surface area contributed by atoms with Crippen molar-refractivity contribution >= 4 is 11.1 Å². The zero-order chi connectivity index (χ0) is 17.3. The summed E-state index contributed by atoms with van der Waals surface area (Å²) in [6.45, 7) is 9.37. The lowest BCUT2D eigenvalue weighted by Gasteiger charge is -2.33. The van der Waals surface area contributed by atoms with Crippen LogP contribution >= 0.6 is 0 Å². The number of likely N-dealkylation sites (N-methyl/N-ethyl adjacent to an activating group) is 1. The Morgan fingerprint density at radius 3 is 1.25 bits per heavy atom. The van der Waals surface area contributed by atoms with Crippen LogP contribution in [0.2, 0.25) is 0 Å². The van der Waals surface area contributed by atoms with Crippen molar-refractivity contribution in [3.05, 3.63) is 71.8 Å². The van der Waals surface area contributed by atoms with Gasteiger partial charge < -0.3 is 0 Å². The number of rotatable bonds is 4. The smallest absolute Gasteiger partial charge is 0.0383 e. The number of hydrogen-bond acceptors (Lipinski definition) is 1. The Kier molecular flexibility index (Phi) is 4.91. The quantitative estimate of drug-likeness (QED) is 0.710. The van der Waals surface area contributed by atoms with Crippen molar-refractivity contribution in [2.75, 3.05) is 7.05 Å². The summed E-state index contributed by atoms with van der Waals surface area (Å²) in [4.78, 5) is 2.60. The highest BCUT2D eigenvalue weighted by Crippen LogP contribution is 2.46. The zero-order valence-corrected chi connectivity index (χ0v) is 15.5. The lowest BCUT2D eigenvalue weighted by Crippen LogP contribution is -2.40. The normalized spacial score (nSPS) is 22.0. The van der Waals surface area contributed by atoms with E-state index in [4.69, 9.17) is 0 Å². The maximum atomic E-state index is 2.60. The highest BCUT2D eigenvalue weighted by Gasteiger charge is 2.41. The maximum Gasteiger partial charge on any atom is 0.0383 e. The van der Waals surface area contributed by atoms with Gasteiger partial charge in [-0.2, -0.15) is 0 Å². The van der Waals surface area contributed by atoms with Gasteiger partial charge in [-0.15, -0.1) is 0 Å². The molecule has 2 atom stereocenters. The minimum Gasteiger partial charge on any atom is -0.292 e. The fourth-order valence-corrected chi connectivity index (χ4v) is 4.39. The van der Waals surface area contributed by atoms with E-state index in [0.717, 1.165) is 0 Å². The topological polar surface area (TPSA) is 3.24 Å². The first-order chi connectivity index (χ1) is 11.5. The molecule has 0 spiro atoms. The van der Waals surface area contributed by atoms with Crippen LogP contribution in [0.1, 0.15) is 38.8 Å². The molecule has 0 amide bonds. The molecule has 0 N–H and O–H groups in total. The molecular weight excluding hydrogens is 290 g/mol. The number of benzene rings is 2. The summed E-state index contributed by atoms with van der Waals surface area (Å²) in [6, 6.07) is 22.8. The molecule has 126 valence electrons. The van der Waals surface area contributed by atoms with E-state index in [0.29, 0.717) is 23.9 Å². The van der Waals surface area contributed by atoms with Gasteiger partial charge in [0.05, 0.1) is 0 Å². The molecule has 0 aliphatic carbocycles. The lowest BCUT2D eigenvalue weighted by molar-refractivity contribution is 0.192. The second kappa shape index (κ2) is 6.94. The predicted molar refractivity (Wildman–Crippen MR) is 105 cm³/mol. The summed E-state index contributed by atoms with van der Waals surface area (Å²) < 4.78 is 0. The monoisotopic (exact) mass is 319 g/mol. The van der Waals surface area contributed by atoms with Gasteiger partial charge in [-0.3, -0.25) is 4.90 Å². The van der Waals surface area contributed by atoms with Crippen LogP contribution < -0.4 is 0 Å². The van der Waals surface area contributed by atoms with E-state index in [1.807, 2.05) is 0 Å². The summed E-state index contributed by atoms with van der Waals surface area (Å²) in [7, 11) is 2.30. The van der Waals surface area contributed by atoms with E-state index in [-0.39, 0.29) is 0 Å². The zero-order valence-electron chi connectivity index (χ0n) is 15.5. The minimum absolute atomic E-state index is 0.454. The van der Waals surface area contributed by atoms with Gasteiger partial charge in [-0.1, -0.05) is 88.4 Å². The van der Waals surface area contributed by atoms with Gasteiger partial charge in [0.25, 0.3) is 0 Å². The molecule has 0 saturated carbocycles. The fraction of sp³-hybridized carbons (Fsp3) is 0.391. The molecule has 24 heavy (non-hydrogen) atoms. The van der Waals surface area contributed by atoms with E-state index in [9.17, 15) is 0 Å². The van der Waals surface area contributed by atoms with Crippen LogP contribution in [0.3, 0.4) is 0 Å². The number of nitrogens with zero attached hydrogens (tertiary/aromatic N) is 1. The Morgan fingerprint density at radius 2 is 0.958 bits per heavy atom. The Hall–Kier alpha value is -1.86. The molecule has 1 nitrogen and oxygen atoms in total. The second-order valence-corrected chi connectivity index (χ2v) is 7.60. The van der Waals surface area contributed by atoms with Crippen LogP contribution in [0.15, 0.2) is 60.7 Å². The van der Waals surface area contributed by atoms with Crippen LogP contribution in [0, 0.1) is 11.8 Å². The third-order valence-corrected chi connectivity index (χ3v) is 5.19. The summed E-state index contributed by atoms with van der Waals surface area (Å²) in [5.41, 5.74) is 5.76. The molecule has 0 fully saturated rings. The average Bonchev–Trinajstić information content (AvgIpc) is 2.90. The molecule has 0 radical (unpaired) electrons. The highest BCUT2D eigenvalue weighted by atomic mass is 15.2. The Labute approximate surface area is 147 Å². The average molecular weight is 319 g/mol. The van der Waals surface area contributed by atoms with Gasteiger partial charge in [-0.25, -0.2) is 0 Å². The van der Waals surface area contributed by atoms with E-state index in [1.165, 1.54) is 22.3 Å². The maximum absolute atomic E-state index is 2.60. The second-order valence-electron chi connectivity index (χ2n) is 7.60. The molecule has 0 aromatic heterocycles. The molecule has 1 heteroatoms. The molecule has 0 saturated heterocycles. The molecule has 0 unspecified atom stereocenters. The first-order valence-electron chi connectivity index (χ1n) is 9.09. The van der Waals surface area contributed by atoms with E-state index in [1.54, 1.807) is 0 Å². The van der Waals surface area contributed by atoms with Crippen LogP contribution in [0.25, 0.3) is 11.1 Å². The number of hydrogen-bond donors (Lipinski definition) is 0. The predicted octanol–water partition coefficient (Wildman–Crippen LogP) is 5.59. The SMILES string of the molecule is CC(C)[C@H]1C(c2ccccc2)=C(c2ccccc2)[C@@H](C(C)C)N1C. The molecule has 0 bridgehead atoms. The van der Waals surface area contributed by atoms with Gasteiger partial charge >= 0.3 is 0 Å². The molecular formula is C23H29N. The van der Waals surface area contributed by atoms with Gasteiger partial charge in [0, 0.05) is 12.1 Å². The third-order valence-electron chi connectivity index (χ3n) is 5.19. The van der Waals surface area contributed by atoms with Gasteiger partial charge in [0.1, 0.15) is 0 Å². The molecule has 2 aromatic rings. The van der Waals surface area contributed by atoms with Crippen LogP contribution in [0.5, 0.6) is 0 Å².